The van der Waals surface area contributed by atoms with Crippen LogP contribution >= 0.6 is 0 Å². The van der Waals surface area contributed by atoms with Crippen LogP contribution in [0.4, 0.5) is 0 Å². The van der Waals surface area contributed by atoms with Gasteiger partial charge in [0, 0.05) is 0 Å². The number of carboxylic acids is 1. The lowest BCUT2D eigenvalue weighted by atomic mass is 10.1. The minimum Gasteiger partial charge on any atom is -0.494 e. The second-order valence-corrected chi connectivity index (χ2v) is 2.75. The number of rotatable bonds is 4. The summed E-state index contributed by atoms with van der Waals surface area (Å²) >= 11 is 0. The maximum atomic E-state index is 10.5. The standard InChI is InChI=1S/C10H12O4/c1-2-14-8-5-3-4-7(6-8)9(11)10(12)13/h3-6,9,11H,2H2,1H3,(H,12,13)/t9-/m0/s1. The number of aliphatic carboxylic acids is 1. The summed E-state index contributed by atoms with van der Waals surface area (Å²) in [6, 6.07) is 6.41. The summed E-state index contributed by atoms with van der Waals surface area (Å²) in [7, 11) is 0. The lowest BCUT2D eigenvalue weighted by Gasteiger charge is -2.08. The summed E-state index contributed by atoms with van der Waals surface area (Å²) in [6.07, 6.45) is -1.49. The quantitative estimate of drug-likeness (QED) is 0.759. The van der Waals surface area contributed by atoms with Gasteiger partial charge in [0.2, 0.25) is 0 Å². The molecule has 0 fully saturated rings. The molecule has 4 heteroatoms. The molecule has 0 spiro atoms. The number of carbonyl (C=O) groups is 1. The largest absolute Gasteiger partial charge is 0.494 e. The number of aliphatic hydroxyl groups is 1. The van der Waals surface area contributed by atoms with Gasteiger partial charge in [-0.3, -0.25) is 0 Å². The van der Waals surface area contributed by atoms with Gasteiger partial charge in [-0.1, -0.05) is 12.1 Å². The van der Waals surface area contributed by atoms with Crippen LogP contribution < -0.4 is 4.74 Å². The average Bonchev–Trinajstić information content (AvgIpc) is 2.17. The first-order chi connectivity index (χ1) is 6.65. The van der Waals surface area contributed by atoms with E-state index in [-0.39, 0.29) is 0 Å². The molecule has 0 aliphatic rings. The molecule has 0 aliphatic carbocycles. The normalized spacial score (nSPS) is 12.1. The van der Waals surface area contributed by atoms with Gasteiger partial charge in [-0.05, 0) is 24.6 Å². The first-order valence-electron chi connectivity index (χ1n) is 4.28. The van der Waals surface area contributed by atoms with Crippen LogP contribution in [0.3, 0.4) is 0 Å². The third-order valence-electron chi connectivity index (χ3n) is 1.72. The van der Waals surface area contributed by atoms with Crippen molar-refractivity contribution in [1.29, 1.82) is 0 Å². The predicted molar refractivity (Wildman–Crippen MR) is 50.2 cm³/mol. The molecule has 1 atom stereocenters. The van der Waals surface area contributed by atoms with Crippen molar-refractivity contribution in [2.24, 2.45) is 0 Å². The maximum Gasteiger partial charge on any atom is 0.337 e. The van der Waals surface area contributed by atoms with Crippen LogP contribution in [-0.2, 0) is 4.79 Å². The third-order valence-corrected chi connectivity index (χ3v) is 1.72. The number of benzene rings is 1. The van der Waals surface area contributed by atoms with Crippen molar-refractivity contribution < 1.29 is 19.7 Å². The first-order valence-corrected chi connectivity index (χ1v) is 4.28. The Hall–Kier alpha value is -1.55. The van der Waals surface area contributed by atoms with Gasteiger partial charge in [-0.2, -0.15) is 0 Å². The fourth-order valence-electron chi connectivity index (χ4n) is 1.08. The van der Waals surface area contributed by atoms with Crippen molar-refractivity contribution in [3.8, 4) is 5.75 Å². The Labute approximate surface area is 81.8 Å². The zero-order valence-electron chi connectivity index (χ0n) is 7.80. The lowest BCUT2D eigenvalue weighted by molar-refractivity contribution is -0.146. The van der Waals surface area contributed by atoms with Gasteiger partial charge in [0.05, 0.1) is 6.61 Å². The number of aliphatic hydroxyl groups excluding tert-OH is 1. The molecule has 1 rings (SSSR count). The molecule has 76 valence electrons. The molecule has 0 heterocycles. The predicted octanol–water partition coefficient (Wildman–Crippen LogP) is 1.20. The van der Waals surface area contributed by atoms with Crippen LogP contribution in [0.5, 0.6) is 5.75 Å². The number of hydrogen-bond donors (Lipinski definition) is 2. The molecule has 2 N–H and O–H groups in total. The fourth-order valence-corrected chi connectivity index (χ4v) is 1.08. The van der Waals surface area contributed by atoms with E-state index in [1.54, 1.807) is 18.2 Å². The van der Waals surface area contributed by atoms with Crippen molar-refractivity contribution in [1.82, 2.24) is 0 Å². The SMILES string of the molecule is CCOc1cccc([C@H](O)C(=O)O)c1. The molecule has 0 aliphatic heterocycles. The van der Waals surface area contributed by atoms with Gasteiger partial charge in [0.15, 0.2) is 6.10 Å². The molecule has 1 aromatic carbocycles. The van der Waals surface area contributed by atoms with Crippen molar-refractivity contribution in [2.75, 3.05) is 6.61 Å². The number of hydrogen-bond acceptors (Lipinski definition) is 3. The molecule has 0 amide bonds. The monoisotopic (exact) mass is 196 g/mol. The van der Waals surface area contributed by atoms with Gasteiger partial charge >= 0.3 is 5.97 Å². The summed E-state index contributed by atoms with van der Waals surface area (Å²) in [6.45, 7) is 2.34. The van der Waals surface area contributed by atoms with E-state index in [9.17, 15) is 9.90 Å². The molecule has 1 aromatic rings. The van der Waals surface area contributed by atoms with Gasteiger partial charge in [0.1, 0.15) is 5.75 Å². The third kappa shape index (κ3) is 2.47. The van der Waals surface area contributed by atoms with Crippen LogP contribution in [0.2, 0.25) is 0 Å². The highest BCUT2D eigenvalue weighted by atomic mass is 16.5. The Morgan fingerprint density at radius 1 is 1.57 bits per heavy atom. The van der Waals surface area contributed by atoms with Gasteiger partial charge in [-0.15, -0.1) is 0 Å². The van der Waals surface area contributed by atoms with Crippen molar-refractivity contribution >= 4 is 5.97 Å². The molecule has 14 heavy (non-hydrogen) atoms. The van der Waals surface area contributed by atoms with Gasteiger partial charge < -0.3 is 14.9 Å². The summed E-state index contributed by atoms with van der Waals surface area (Å²) in [5.41, 5.74) is 0.323. The van der Waals surface area contributed by atoms with Crippen molar-refractivity contribution in [2.45, 2.75) is 13.0 Å². The van der Waals surface area contributed by atoms with Crippen molar-refractivity contribution in [3.05, 3.63) is 29.8 Å². The van der Waals surface area contributed by atoms with Crippen LogP contribution in [0.15, 0.2) is 24.3 Å². The smallest absolute Gasteiger partial charge is 0.337 e. The van der Waals surface area contributed by atoms with E-state index in [0.29, 0.717) is 17.9 Å². The first kappa shape index (κ1) is 10.5. The van der Waals surface area contributed by atoms with Gasteiger partial charge in [0.25, 0.3) is 0 Å². The topological polar surface area (TPSA) is 66.8 Å². The van der Waals surface area contributed by atoms with E-state index < -0.39 is 12.1 Å². The molecule has 0 aromatic heterocycles. The average molecular weight is 196 g/mol. The minimum absolute atomic E-state index is 0.323. The zero-order chi connectivity index (χ0) is 10.6. The molecular weight excluding hydrogens is 184 g/mol. The summed E-state index contributed by atoms with van der Waals surface area (Å²) in [4.78, 5) is 10.5. The van der Waals surface area contributed by atoms with E-state index in [4.69, 9.17) is 9.84 Å². The molecule has 0 radical (unpaired) electrons. The number of ether oxygens (including phenoxy) is 1. The molecule has 4 nitrogen and oxygen atoms in total. The summed E-state index contributed by atoms with van der Waals surface area (Å²) < 4.78 is 5.17. The highest BCUT2D eigenvalue weighted by Gasteiger charge is 2.15. The maximum absolute atomic E-state index is 10.5. The molecule has 0 bridgehead atoms. The van der Waals surface area contributed by atoms with E-state index in [1.165, 1.54) is 6.07 Å². The highest BCUT2D eigenvalue weighted by molar-refractivity contribution is 5.74. The van der Waals surface area contributed by atoms with Crippen molar-refractivity contribution in [3.63, 3.8) is 0 Å². The van der Waals surface area contributed by atoms with E-state index in [1.807, 2.05) is 6.92 Å². The van der Waals surface area contributed by atoms with E-state index >= 15 is 0 Å². The molecular formula is C10H12O4. The van der Waals surface area contributed by atoms with E-state index in [2.05, 4.69) is 0 Å². The Balaban J connectivity index is 2.87. The second-order valence-electron chi connectivity index (χ2n) is 2.75. The van der Waals surface area contributed by atoms with Crippen LogP contribution in [0, 0.1) is 0 Å². The van der Waals surface area contributed by atoms with Gasteiger partial charge in [-0.25, -0.2) is 4.79 Å². The number of carboxylic acid groups (broad SMARTS) is 1. The fraction of sp³-hybridized carbons (Fsp3) is 0.300. The Bertz CT molecular complexity index is 322. The van der Waals surface area contributed by atoms with E-state index in [0.717, 1.165) is 0 Å². The van der Waals surface area contributed by atoms with Crippen LogP contribution in [0.25, 0.3) is 0 Å². The molecule has 0 saturated carbocycles. The summed E-state index contributed by atoms with van der Waals surface area (Å²) in [5, 5.41) is 17.8. The second kappa shape index (κ2) is 4.62. The molecule has 0 unspecified atom stereocenters. The van der Waals surface area contributed by atoms with Crippen LogP contribution in [-0.4, -0.2) is 22.8 Å². The molecule has 0 saturated heterocycles. The highest BCUT2D eigenvalue weighted by Crippen LogP contribution is 2.19. The summed E-state index contributed by atoms with van der Waals surface area (Å²) in [5.74, 6) is -0.705. The minimum atomic E-state index is -1.49. The van der Waals surface area contributed by atoms with Crippen LogP contribution in [0.1, 0.15) is 18.6 Å². The Morgan fingerprint density at radius 2 is 2.29 bits per heavy atom. The lowest BCUT2D eigenvalue weighted by Crippen LogP contribution is -2.10. The Kier molecular flexibility index (Phi) is 3.48. The Morgan fingerprint density at radius 3 is 2.86 bits per heavy atom. The zero-order valence-corrected chi connectivity index (χ0v) is 7.80.